The van der Waals surface area contributed by atoms with Crippen LogP contribution in [0.1, 0.15) is 42.5 Å². The van der Waals surface area contributed by atoms with E-state index >= 15 is 0 Å². The zero-order valence-electron chi connectivity index (χ0n) is 12.7. The zero-order valence-corrected chi connectivity index (χ0v) is 12.7. The highest BCUT2D eigenvalue weighted by atomic mass is 16.2. The van der Waals surface area contributed by atoms with Gasteiger partial charge in [0, 0.05) is 18.8 Å². The zero-order chi connectivity index (χ0) is 14.6. The fourth-order valence-electron chi connectivity index (χ4n) is 1.99. The van der Waals surface area contributed by atoms with Crippen molar-refractivity contribution < 1.29 is 4.79 Å². The first-order chi connectivity index (χ1) is 8.80. The van der Waals surface area contributed by atoms with Gasteiger partial charge in [0.05, 0.1) is 11.3 Å². The number of aryl methyl sites for hydroxylation is 2. The molecule has 4 heteroatoms. The van der Waals surface area contributed by atoms with Crippen molar-refractivity contribution in [3.63, 3.8) is 0 Å². The van der Waals surface area contributed by atoms with E-state index in [1.165, 1.54) is 0 Å². The molecule has 0 aliphatic rings. The molecule has 0 aliphatic carbocycles. The molecule has 106 valence electrons. The van der Waals surface area contributed by atoms with Crippen LogP contribution in [-0.2, 0) is 0 Å². The maximum absolute atomic E-state index is 12.5. The monoisotopic (exact) mass is 263 g/mol. The normalized spacial score (nSPS) is 11.5. The van der Waals surface area contributed by atoms with Crippen molar-refractivity contribution in [1.82, 2.24) is 9.88 Å². The SMILES string of the molecule is CCN(CC(C)(C)CN)C(=O)c1ccc(C)nc1C. The van der Waals surface area contributed by atoms with Gasteiger partial charge in [-0.15, -0.1) is 0 Å². The van der Waals surface area contributed by atoms with Crippen molar-refractivity contribution in [3.05, 3.63) is 29.1 Å². The second kappa shape index (κ2) is 6.15. The van der Waals surface area contributed by atoms with Crippen molar-refractivity contribution in [3.8, 4) is 0 Å². The Kier molecular flexibility index (Phi) is 5.06. The number of nitrogens with zero attached hydrogens (tertiary/aromatic N) is 2. The minimum absolute atomic E-state index is 0.0361. The van der Waals surface area contributed by atoms with Crippen LogP contribution in [0.15, 0.2) is 12.1 Å². The maximum Gasteiger partial charge on any atom is 0.255 e. The predicted octanol–water partition coefficient (Wildman–Crippen LogP) is 2.15. The molecule has 0 saturated carbocycles. The van der Waals surface area contributed by atoms with Crippen LogP contribution in [0.2, 0.25) is 0 Å². The molecule has 1 heterocycles. The van der Waals surface area contributed by atoms with Crippen molar-refractivity contribution in [2.45, 2.75) is 34.6 Å². The van der Waals surface area contributed by atoms with E-state index < -0.39 is 0 Å². The first-order valence-electron chi connectivity index (χ1n) is 6.74. The van der Waals surface area contributed by atoms with Gasteiger partial charge in [0.1, 0.15) is 0 Å². The molecule has 0 saturated heterocycles. The average Bonchev–Trinajstić information content (AvgIpc) is 2.35. The standard InChI is InChI=1S/C15H25N3O/c1-6-18(10-15(4,5)9-16)14(19)13-8-7-11(2)17-12(13)3/h7-8H,6,9-10,16H2,1-5H3. The summed E-state index contributed by atoms with van der Waals surface area (Å²) in [6, 6.07) is 3.74. The third-order valence-electron chi connectivity index (χ3n) is 3.30. The van der Waals surface area contributed by atoms with Gasteiger partial charge in [-0.2, -0.15) is 0 Å². The molecule has 0 radical (unpaired) electrons. The fraction of sp³-hybridized carbons (Fsp3) is 0.600. The molecule has 0 bridgehead atoms. The summed E-state index contributed by atoms with van der Waals surface area (Å²) in [5.74, 6) is 0.0361. The summed E-state index contributed by atoms with van der Waals surface area (Å²) in [6.07, 6.45) is 0. The lowest BCUT2D eigenvalue weighted by Gasteiger charge is -2.31. The Morgan fingerprint density at radius 1 is 1.37 bits per heavy atom. The van der Waals surface area contributed by atoms with Gasteiger partial charge in [-0.3, -0.25) is 9.78 Å². The van der Waals surface area contributed by atoms with Gasteiger partial charge in [0.15, 0.2) is 0 Å². The van der Waals surface area contributed by atoms with Crippen LogP contribution in [0.5, 0.6) is 0 Å². The molecule has 0 spiro atoms. The summed E-state index contributed by atoms with van der Waals surface area (Å²) >= 11 is 0. The van der Waals surface area contributed by atoms with Crippen molar-refractivity contribution in [2.24, 2.45) is 11.1 Å². The van der Waals surface area contributed by atoms with Crippen molar-refractivity contribution in [1.29, 1.82) is 0 Å². The lowest BCUT2D eigenvalue weighted by Crippen LogP contribution is -2.42. The Hall–Kier alpha value is -1.42. The molecular weight excluding hydrogens is 238 g/mol. The lowest BCUT2D eigenvalue weighted by atomic mass is 9.92. The van der Waals surface area contributed by atoms with Gasteiger partial charge in [0.2, 0.25) is 0 Å². The average molecular weight is 263 g/mol. The first-order valence-corrected chi connectivity index (χ1v) is 6.74. The number of rotatable bonds is 5. The first kappa shape index (κ1) is 15.6. The smallest absolute Gasteiger partial charge is 0.255 e. The fourth-order valence-corrected chi connectivity index (χ4v) is 1.99. The van der Waals surface area contributed by atoms with Crippen molar-refractivity contribution in [2.75, 3.05) is 19.6 Å². The van der Waals surface area contributed by atoms with Gasteiger partial charge < -0.3 is 10.6 Å². The summed E-state index contributed by atoms with van der Waals surface area (Å²) in [5.41, 5.74) is 8.07. The summed E-state index contributed by atoms with van der Waals surface area (Å²) in [7, 11) is 0. The Morgan fingerprint density at radius 2 is 2.00 bits per heavy atom. The highest BCUT2D eigenvalue weighted by Gasteiger charge is 2.24. The number of carbonyl (C=O) groups excluding carboxylic acids is 1. The van der Waals surface area contributed by atoms with Crippen LogP contribution >= 0.6 is 0 Å². The molecular formula is C15H25N3O. The highest BCUT2D eigenvalue weighted by Crippen LogP contribution is 2.18. The molecule has 0 fully saturated rings. The summed E-state index contributed by atoms with van der Waals surface area (Å²) in [6.45, 7) is 11.8. The van der Waals surface area contributed by atoms with E-state index in [-0.39, 0.29) is 11.3 Å². The summed E-state index contributed by atoms with van der Waals surface area (Å²) < 4.78 is 0. The second-order valence-electron chi connectivity index (χ2n) is 5.77. The van der Waals surface area contributed by atoms with E-state index in [1.54, 1.807) is 0 Å². The van der Waals surface area contributed by atoms with Crippen LogP contribution in [0.4, 0.5) is 0 Å². The summed E-state index contributed by atoms with van der Waals surface area (Å²) in [5, 5.41) is 0. The molecule has 0 aliphatic heterocycles. The van der Waals surface area contributed by atoms with Gasteiger partial charge >= 0.3 is 0 Å². The van der Waals surface area contributed by atoms with E-state index in [1.807, 2.05) is 37.8 Å². The third-order valence-corrected chi connectivity index (χ3v) is 3.30. The minimum atomic E-state index is -0.0717. The molecule has 1 aromatic heterocycles. The van der Waals surface area contributed by atoms with Crippen LogP contribution in [0.3, 0.4) is 0 Å². The highest BCUT2D eigenvalue weighted by molar-refractivity contribution is 5.95. The Bertz CT molecular complexity index is 455. The molecule has 1 rings (SSSR count). The lowest BCUT2D eigenvalue weighted by molar-refractivity contribution is 0.0699. The number of carbonyl (C=O) groups is 1. The van der Waals surface area contributed by atoms with Gasteiger partial charge in [-0.05, 0) is 44.9 Å². The number of nitrogens with two attached hydrogens (primary N) is 1. The molecule has 19 heavy (non-hydrogen) atoms. The van der Waals surface area contributed by atoms with Gasteiger partial charge in [0.25, 0.3) is 5.91 Å². The Labute approximate surface area is 116 Å². The molecule has 0 unspecified atom stereocenters. The minimum Gasteiger partial charge on any atom is -0.338 e. The van der Waals surface area contributed by atoms with Crippen LogP contribution in [-0.4, -0.2) is 35.4 Å². The molecule has 4 nitrogen and oxygen atoms in total. The van der Waals surface area contributed by atoms with E-state index in [9.17, 15) is 4.79 Å². The number of amides is 1. The number of hydrogen-bond donors (Lipinski definition) is 1. The summed E-state index contributed by atoms with van der Waals surface area (Å²) in [4.78, 5) is 18.7. The second-order valence-corrected chi connectivity index (χ2v) is 5.77. The molecule has 2 N–H and O–H groups in total. The van der Waals surface area contributed by atoms with E-state index in [4.69, 9.17) is 5.73 Å². The number of hydrogen-bond acceptors (Lipinski definition) is 3. The number of aromatic nitrogens is 1. The Morgan fingerprint density at radius 3 is 2.47 bits per heavy atom. The van der Waals surface area contributed by atoms with Crippen molar-refractivity contribution >= 4 is 5.91 Å². The van der Waals surface area contributed by atoms with Crippen LogP contribution in [0, 0.1) is 19.3 Å². The van der Waals surface area contributed by atoms with Crippen LogP contribution in [0.25, 0.3) is 0 Å². The molecule has 1 amide bonds. The molecule has 1 aromatic rings. The topological polar surface area (TPSA) is 59.2 Å². The van der Waals surface area contributed by atoms with E-state index in [0.717, 1.165) is 11.4 Å². The predicted molar refractivity (Wildman–Crippen MR) is 78.1 cm³/mol. The molecule has 0 atom stereocenters. The van der Waals surface area contributed by atoms with Gasteiger partial charge in [-0.1, -0.05) is 13.8 Å². The quantitative estimate of drug-likeness (QED) is 0.885. The largest absolute Gasteiger partial charge is 0.338 e. The van der Waals surface area contributed by atoms with Gasteiger partial charge in [-0.25, -0.2) is 0 Å². The maximum atomic E-state index is 12.5. The third kappa shape index (κ3) is 4.03. The van der Waals surface area contributed by atoms with Crippen LogP contribution < -0.4 is 5.73 Å². The van der Waals surface area contributed by atoms with E-state index in [0.29, 0.717) is 25.2 Å². The van der Waals surface area contributed by atoms with E-state index in [2.05, 4.69) is 18.8 Å². The Balaban J connectivity index is 2.96. The number of pyridine rings is 1. The molecule has 0 aromatic carbocycles.